The fourth-order valence-electron chi connectivity index (χ4n) is 6.30. The summed E-state index contributed by atoms with van der Waals surface area (Å²) in [7, 11) is 0. The molecule has 8 atom stereocenters. The third-order valence-corrected chi connectivity index (χ3v) is 6.76. The van der Waals surface area contributed by atoms with Crippen molar-refractivity contribution < 1.29 is 0 Å². The van der Waals surface area contributed by atoms with Gasteiger partial charge < -0.3 is 5.73 Å². The highest BCUT2D eigenvalue weighted by molar-refractivity contribution is 5.21. The Balaban J connectivity index is 1.59. The van der Waals surface area contributed by atoms with Gasteiger partial charge in [-0.05, 0) is 79.6 Å². The topological polar surface area (TPSA) is 26.0 Å². The number of rotatable bonds is 3. The Kier molecular flexibility index (Phi) is 2.25. The van der Waals surface area contributed by atoms with Crippen LogP contribution in [0.2, 0.25) is 0 Å². The van der Waals surface area contributed by atoms with E-state index < -0.39 is 0 Å². The Bertz CT molecular complexity index is 347. The maximum Gasteiger partial charge on any atom is -0.00772 e. The van der Waals surface area contributed by atoms with Crippen molar-refractivity contribution in [2.24, 2.45) is 53.1 Å². The van der Waals surface area contributed by atoms with Crippen LogP contribution in [0.15, 0.2) is 12.2 Å². The maximum absolute atomic E-state index is 5.71. The van der Waals surface area contributed by atoms with Gasteiger partial charge in [0.05, 0.1) is 0 Å². The molecule has 0 amide bonds. The van der Waals surface area contributed by atoms with Gasteiger partial charge in [0.1, 0.15) is 0 Å². The van der Waals surface area contributed by atoms with Gasteiger partial charge in [0, 0.05) is 0 Å². The first-order valence-electron chi connectivity index (χ1n) is 7.69. The molecule has 2 N–H and O–H groups in total. The highest BCUT2D eigenvalue weighted by Crippen LogP contribution is 2.69. The van der Waals surface area contributed by atoms with Crippen molar-refractivity contribution in [1.82, 2.24) is 0 Å². The van der Waals surface area contributed by atoms with Gasteiger partial charge in [-0.3, -0.25) is 0 Å². The molecule has 4 bridgehead atoms. The van der Waals surface area contributed by atoms with E-state index in [4.69, 9.17) is 5.73 Å². The standard InChI is InChI=1S/C16H25N/c1-9-12(3-2-6-17)14-8-13(9)15-10-4-5-11(7-10)16(14)15/h4-5,9-16H,2-3,6-8,17H2,1H3. The largest absolute Gasteiger partial charge is 0.330 e. The fourth-order valence-corrected chi connectivity index (χ4v) is 6.30. The van der Waals surface area contributed by atoms with E-state index in [0.29, 0.717) is 0 Å². The quantitative estimate of drug-likeness (QED) is 0.586. The van der Waals surface area contributed by atoms with Crippen molar-refractivity contribution in [1.29, 1.82) is 0 Å². The van der Waals surface area contributed by atoms with Gasteiger partial charge in [-0.25, -0.2) is 0 Å². The third kappa shape index (κ3) is 1.24. The van der Waals surface area contributed by atoms with Gasteiger partial charge in [-0.15, -0.1) is 0 Å². The van der Waals surface area contributed by atoms with Crippen molar-refractivity contribution in [2.75, 3.05) is 6.54 Å². The molecule has 8 unspecified atom stereocenters. The summed E-state index contributed by atoms with van der Waals surface area (Å²) < 4.78 is 0. The Morgan fingerprint density at radius 2 is 1.76 bits per heavy atom. The molecule has 1 heteroatoms. The molecule has 0 saturated heterocycles. The molecule has 0 radical (unpaired) electrons. The minimum absolute atomic E-state index is 0.890. The summed E-state index contributed by atoms with van der Waals surface area (Å²) in [5.41, 5.74) is 5.71. The van der Waals surface area contributed by atoms with E-state index in [-0.39, 0.29) is 0 Å². The molecule has 0 aromatic heterocycles. The van der Waals surface area contributed by atoms with Crippen LogP contribution in [0.3, 0.4) is 0 Å². The lowest BCUT2D eigenvalue weighted by atomic mass is 9.64. The predicted octanol–water partition coefficient (Wildman–Crippen LogP) is 3.07. The van der Waals surface area contributed by atoms with Gasteiger partial charge in [0.2, 0.25) is 0 Å². The molecule has 0 spiro atoms. The first kappa shape index (κ1) is 10.6. The number of hydrogen-bond acceptors (Lipinski definition) is 1. The lowest BCUT2D eigenvalue weighted by Crippen LogP contribution is -2.36. The minimum atomic E-state index is 0.890. The molecule has 4 rings (SSSR count). The summed E-state index contributed by atoms with van der Waals surface area (Å²) >= 11 is 0. The Morgan fingerprint density at radius 3 is 2.47 bits per heavy atom. The Labute approximate surface area is 105 Å². The number of allylic oxidation sites excluding steroid dienone is 2. The SMILES string of the molecule is CC1C(CCCN)C2CC1C1C3C=CC(C3)C21. The van der Waals surface area contributed by atoms with Crippen LogP contribution in [-0.4, -0.2) is 6.54 Å². The van der Waals surface area contributed by atoms with E-state index in [1.807, 2.05) is 0 Å². The van der Waals surface area contributed by atoms with E-state index in [1.165, 1.54) is 19.3 Å². The summed E-state index contributed by atoms with van der Waals surface area (Å²) in [5, 5.41) is 0. The number of fused-ring (bicyclic) bond motifs is 9. The summed E-state index contributed by atoms with van der Waals surface area (Å²) in [6.45, 7) is 3.43. The summed E-state index contributed by atoms with van der Waals surface area (Å²) in [6, 6.07) is 0. The van der Waals surface area contributed by atoms with E-state index in [2.05, 4.69) is 19.1 Å². The molecular weight excluding hydrogens is 206 g/mol. The normalized spacial score (nSPS) is 58.0. The van der Waals surface area contributed by atoms with Crippen LogP contribution in [0, 0.1) is 47.3 Å². The Hall–Kier alpha value is -0.300. The lowest BCUT2D eigenvalue weighted by molar-refractivity contribution is 0.0914. The first-order valence-corrected chi connectivity index (χ1v) is 7.69. The number of hydrogen-bond donors (Lipinski definition) is 1. The zero-order valence-corrected chi connectivity index (χ0v) is 10.9. The molecule has 4 aliphatic rings. The molecule has 0 aromatic rings. The minimum Gasteiger partial charge on any atom is -0.330 e. The van der Waals surface area contributed by atoms with Crippen LogP contribution in [-0.2, 0) is 0 Å². The van der Waals surface area contributed by atoms with Gasteiger partial charge in [0.25, 0.3) is 0 Å². The van der Waals surface area contributed by atoms with Crippen molar-refractivity contribution in [2.45, 2.75) is 32.6 Å². The monoisotopic (exact) mass is 231 g/mol. The average Bonchev–Trinajstić information content (AvgIpc) is 3.04. The van der Waals surface area contributed by atoms with Crippen LogP contribution < -0.4 is 5.73 Å². The fraction of sp³-hybridized carbons (Fsp3) is 0.875. The first-order chi connectivity index (χ1) is 8.31. The van der Waals surface area contributed by atoms with Crippen molar-refractivity contribution in [3.63, 3.8) is 0 Å². The van der Waals surface area contributed by atoms with Gasteiger partial charge in [0.15, 0.2) is 0 Å². The van der Waals surface area contributed by atoms with E-state index in [0.717, 1.165) is 53.9 Å². The van der Waals surface area contributed by atoms with Crippen LogP contribution in [0.25, 0.3) is 0 Å². The summed E-state index contributed by atoms with van der Waals surface area (Å²) in [6.07, 6.45) is 10.8. The predicted molar refractivity (Wildman–Crippen MR) is 70.3 cm³/mol. The second-order valence-corrected chi connectivity index (χ2v) is 7.12. The average molecular weight is 231 g/mol. The van der Waals surface area contributed by atoms with Gasteiger partial charge >= 0.3 is 0 Å². The molecule has 4 aliphatic carbocycles. The summed E-state index contributed by atoms with van der Waals surface area (Å²) in [5.74, 6) is 8.22. The van der Waals surface area contributed by atoms with E-state index in [9.17, 15) is 0 Å². The Morgan fingerprint density at radius 1 is 1.06 bits per heavy atom. The van der Waals surface area contributed by atoms with Crippen molar-refractivity contribution in [3.05, 3.63) is 12.2 Å². The molecule has 0 aromatic carbocycles. The summed E-state index contributed by atoms with van der Waals surface area (Å²) in [4.78, 5) is 0. The molecule has 0 heterocycles. The smallest absolute Gasteiger partial charge is 0.00772 e. The number of nitrogens with two attached hydrogens (primary N) is 1. The molecule has 94 valence electrons. The van der Waals surface area contributed by atoms with Gasteiger partial charge in [-0.2, -0.15) is 0 Å². The van der Waals surface area contributed by atoms with Crippen LogP contribution >= 0.6 is 0 Å². The van der Waals surface area contributed by atoms with Crippen molar-refractivity contribution >= 4 is 0 Å². The van der Waals surface area contributed by atoms with Crippen LogP contribution in [0.4, 0.5) is 0 Å². The van der Waals surface area contributed by atoms with Gasteiger partial charge in [-0.1, -0.05) is 19.1 Å². The molecule has 0 aliphatic heterocycles. The zero-order valence-electron chi connectivity index (χ0n) is 10.9. The second-order valence-electron chi connectivity index (χ2n) is 7.12. The molecule has 3 saturated carbocycles. The molecule has 17 heavy (non-hydrogen) atoms. The maximum atomic E-state index is 5.71. The van der Waals surface area contributed by atoms with Crippen LogP contribution in [0.5, 0.6) is 0 Å². The zero-order chi connectivity index (χ0) is 11.6. The highest BCUT2D eigenvalue weighted by Gasteiger charge is 2.62. The van der Waals surface area contributed by atoms with E-state index >= 15 is 0 Å². The van der Waals surface area contributed by atoms with E-state index in [1.54, 1.807) is 6.42 Å². The highest BCUT2D eigenvalue weighted by atomic mass is 14.7. The lowest BCUT2D eigenvalue weighted by Gasteiger charge is -2.40. The van der Waals surface area contributed by atoms with Crippen LogP contribution in [0.1, 0.15) is 32.6 Å². The molecule has 3 fully saturated rings. The third-order valence-electron chi connectivity index (χ3n) is 6.76. The molecule has 1 nitrogen and oxygen atoms in total. The second kappa shape index (κ2) is 3.60. The molecular formula is C16H25N. The van der Waals surface area contributed by atoms with Crippen molar-refractivity contribution in [3.8, 4) is 0 Å².